The third-order valence-corrected chi connectivity index (χ3v) is 1.99. The van der Waals surface area contributed by atoms with Gasteiger partial charge in [-0.15, -0.1) is 18.8 Å². The molecule has 4 heteroatoms. The van der Waals surface area contributed by atoms with Gasteiger partial charge in [0.15, 0.2) is 0 Å². The van der Waals surface area contributed by atoms with Gasteiger partial charge in [-0.25, -0.2) is 0 Å². The van der Waals surface area contributed by atoms with E-state index >= 15 is 0 Å². The van der Waals surface area contributed by atoms with Gasteiger partial charge in [0.05, 0.1) is 6.10 Å². The monoisotopic (exact) mass is 255 g/mol. The molecule has 94 valence electrons. The van der Waals surface area contributed by atoms with Crippen molar-refractivity contribution in [1.29, 1.82) is 0 Å². The van der Waals surface area contributed by atoms with E-state index in [-0.39, 0.29) is 25.1 Å². The zero-order valence-electron chi connectivity index (χ0n) is 9.85. The smallest absolute Gasteiger partial charge is 0.148 e. The highest BCUT2D eigenvalue weighted by Gasteiger charge is 1.98. The molecule has 0 amide bonds. The van der Waals surface area contributed by atoms with Crippen LogP contribution < -0.4 is 10.1 Å². The Bertz CT molecular complexity index is 361. The molecule has 0 heterocycles. The Morgan fingerprint density at radius 1 is 1.53 bits per heavy atom. The molecule has 17 heavy (non-hydrogen) atoms. The maximum Gasteiger partial charge on any atom is 0.148 e. The van der Waals surface area contributed by atoms with Crippen molar-refractivity contribution in [3.63, 3.8) is 0 Å². The fourth-order valence-corrected chi connectivity index (χ4v) is 1.30. The van der Waals surface area contributed by atoms with E-state index in [2.05, 4.69) is 11.2 Å². The first-order valence-electron chi connectivity index (χ1n) is 5.26. The Kier molecular flexibility index (Phi) is 8.25. The minimum Gasteiger partial charge on any atom is -0.481 e. The molecule has 0 aromatic heterocycles. The van der Waals surface area contributed by atoms with Crippen LogP contribution in [0.2, 0.25) is 0 Å². The van der Waals surface area contributed by atoms with Gasteiger partial charge in [0.25, 0.3) is 0 Å². The predicted molar refractivity (Wildman–Crippen MR) is 71.4 cm³/mol. The summed E-state index contributed by atoms with van der Waals surface area (Å²) < 4.78 is 5.31. The second-order valence-corrected chi connectivity index (χ2v) is 3.62. The number of nitrogens with one attached hydrogen (secondary N) is 1. The van der Waals surface area contributed by atoms with Gasteiger partial charge in [0, 0.05) is 13.1 Å². The summed E-state index contributed by atoms with van der Waals surface area (Å²) in [6.07, 6.45) is 4.78. The maximum absolute atomic E-state index is 9.09. The van der Waals surface area contributed by atoms with E-state index in [1.165, 1.54) is 0 Å². The van der Waals surface area contributed by atoms with Crippen LogP contribution in [0.1, 0.15) is 12.5 Å². The van der Waals surface area contributed by atoms with Crippen LogP contribution in [0, 0.1) is 12.3 Å². The second-order valence-electron chi connectivity index (χ2n) is 3.62. The number of hydrogen-bond donors (Lipinski definition) is 2. The van der Waals surface area contributed by atoms with E-state index in [0.29, 0.717) is 13.1 Å². The van der Waals surface area contributed by atoms with E-state index in [1.54, 1.807) is 6.92 Å². The van der Waals surface area contributed by atoms with Crippen molar-refractivity contribution in [2.24, 2.45) is 0 Å². The number of rotatable bonds is 6. The molecule has 0 bridgehead atoms. The van der Waals surface area contributed by atoms with Gasteiger partial charge in [-0.05, 0) is 24.6 Å². The lowest BCUT2D eigenvalue weighted by atomic mass is 10.2. The highest BCUT2D eigenvalue weighted by atomic mass is 35.5. The third-order valence-electron chi connectivity index (χ3n) is 1.99. The molecule has 1 atom stereocenters. The van der Waals surface area contributed by atoms with Crippen LogP contribution >= 0.6 is 12.4 Å². The van der Waals surface area contributed by atoms with Crippen molar-refractivity contribution in [3.05, 3.63) is 29.8 Å². The summed E-state index contributed by atoms with van der Waals surface area (Å²) in [6.45, 7) is 3.32. The average Bonchev–Trinajstić information content (AvgIpc) is 2.26. The van der Waals surface area contributed by atoms with Crippen LogP contribution in [0.25, 0.3) is 0 Å². The Morgan fingerprint density at radius 3 is 2.94 bits per heavy atom. The minimum absolute atomic E-state index is 0. The highest BCUT2D eigenvalue weighted by molar-refractivity contribution is 5.85. The quantitative estimate of drug-likeness (QED) is 0.759. The number of aliphatic hydroxyl groups excluding tert-OH is 1. The van der Waals surface area contributed by atoms with E-state index in [9.17, 15) is 0 Å². The normalized spacial score (nSPS) is 11.1. The van der Waals surface area contributed by atoms with Crippen LogP contribution in [0.15, 0.2) is 24.3 Å². The molecule has 0 fully saturated rings. The van der Waals surface area contributed by atoms with E-state index in [1.807, 2.05) is 24.3 Å². The van der Waals surface area contributed by atoms with E-state index < -0.39 is 0 Å². The number of terminal acetylenes is 1. The maximum atomic E-state index is 9.09. The summed E-state index contributed by atoms with van der Waals surface area (Å²) in [5, 5.41) is 12.2. The molecular weight excluding hydrogens is 238 g/mol. The topological polar surface area (TPSA) is 41.5 Å². The summed E-state index contributed by atoms with van der Waals surface area (Å²) in [5.74, 6) is 3.20. The molecule has 1 aromatic carbocycles. The van der Waals surface area contributed by atoms with Crippen molar-refractivity contribution in [1.82, 2.24) is 5.32 Å². The number of hydrogen-bond acceptors (Lipinski definition) is 3. The van der Waals surface area contributed by atoms with Crippen LogP contribution in [-0.4, -0.2) is 24.4 Å². The van der Waals surface area contributed by atoms with E-state index in [4.69, 9.17) is 16.3 Å². The number of benzene rings is 1. The van der Waals surface area contributed by atoms with Gasteiger partial charge in [0.1, 0.15) is 12.4 Å². The van der Waals surface area contributed by atoms with Crippen LogP contribution in [0.4, 0.5) is 0 Å². The molecule has 1 rings (SSSR count). The largest absolute Gasteiger partial charge is 0.481 e. The molecule has 2 N–H and O–H groups in total. The standard InChI is InChI=1S/C13H17NO2.ClH/c1-3-7-16-13-6-4-5-12(8-13)10-14-9-11(2)15;/h1,4-6,8,11,14-15H,7,9-10H2,2H3;1H. The summed E-state index contributed by atoms with van der Waals surface area (Å²) >= 11 is 0. The van der Waals surface area contributed by atoms with Gasteiger partial charge in [-0.2, -0.15) is 0 Å². The summed E-state index contributed by atoms with van der Waals surface area (Å²) in [4.78, 5) is 0. The minimum atomic E-state index is -0.333. The van der Waals surface area contributed by atoms with Crippen molar-refractivity contribution >= 4 is 12.4 Å². The van der Waals surface area contributed by atoms with E-state index in [0.717, 1.165) is 11.3 Å². The first kappa shape index (κ1) is 15.8. The van der Waals surface area contributed by atoms with Crippen molar-refractivity contribution in [2.45, 2.75) is 19.6 Å². The molecular formula is C13H18ClNO2. The molecule has 3 nitrogen and oxygen atoms in total. The van der Waals surface area contributed by atoms with Crippen molar-refractivity contribution < 1.29 is 9.84 Å². The lowest BCUT2D eigenvalue weighted by Gasteiger charge is -2.08. The Labute approximate surface area is 109 Å². The summed E-state index contributed by atoms with van der Waals surface area (Å²) in [6, 6.07) is 7.73. The van der Waals surface area contributed by atoms with Gasteiger partial charge in [-0.3, -0.25) is 0 Å². The van der Waals surface area contributed by atoms with Gasteiger partial charge >= 0.3 is 0 Å². The van der Waals surface area contributed by atoms with Gasteiger partial charge in [-0.1, -0.05) is 18.1 Å². The number of halogens is 1. The first-order valence-corrected chi connectivity index (χ1v) is 5.26. The molecule has 0 saturated carbocycles. The molecule has 1 aromatic rings. The zero-order valence-corrected chi connectivity index (χ0v) is 10.7. The Morgan fingerprint density at radius 2 is 2.29 bits per heavy atom. The fraction of sp³-hybridized carbons (Fsp3) is 0.385. The third kappa shape index (κ3) is 6.85. The van der Waals surface area contributed by atoms with Crippen LogP contribution in [0.5, 0.6) is 5.75 Å². The van der Waals surface area contributed by atoms with Crippen LogP contribution in [0.3, 0.4) is 0 Å². The van der Waals surface area contributed by atoms with Crippen molar-refractivity contribution in [3.8, 4) is 18.1 Å². The van der Waals surface area contributed by atoms with Crippen molar-refractivity contribution in [2.75, 3.05) is 13.2 Å². The molecule has 1 unspecified atom stereocenters. The van der Waals surface area contributed by atoms with Gasteiger partial charge < -0.3 is 15.2 Å². The zero-order chi connectivity index (χ0) is 11.8. The number of aliphatic hydroxyl groups is 1. The molecule has 0 aliphatic heterocycles. The molecule has 0 radical (unpaired) electrons. The highest BCUT2D eigenvalue weighted by Crippen LogP contribution is 2.12. The molecule has 0 spiro atoms. The molecule has 0 saturated heterocycles. The summed E-state index contributed by atoms with van der Waals surface area (Å²) in [5.41, 5.74) is 1.11. The first-order chi connectivity index (χ1) is 7.72. The lowest BCUT2D eigenvalue weighted by Crippen LogP contribution is -2.23. The van der Waals surface area contributed by atoms with Crippen LogP contribution in [-0.2, 0) is 6.54 Å². The number of ether oxygens (including phenoxy) is 1. The molecule has 0 aliphatic rings. The fourth-order valence-electron chi connectivity index (χ4n) is 1.30. The average molecular weight is 256 g/mol. The van der Waals surface area contributed by atoms with Gasteiger partial charge in [0.2, 0.25) is 0 Å². The second kappa shape index (κ2) is 8.89. The SMILES string of the molecule is C#CCOc1cccc(CNCC(C)O)c1.Cl. The summed E-state index contributed by atoms with van der Waals surface area (Å²) in [7, 11) is 0. The lowest BCUT2D eigenvalue weighted by molar-refractivity contribution is 0.191. The Hall–Kier alpha value is -1.21. The Balaban J connectivity index is 0.00000256. The molecule has 0 aliphatic carbocycles. The predicted octanol–water partition coefficient (Wildman–Crippen LogP) is 1.59.